The van der Waals surface area contributed by atoms with Crippen molar-refractivity contribution in [2.24, 2.45) is 0 Å². The minimum atomic E-state index is -0.119. The van der Waals surface area contributed by atoms with Crippen molar-refractivity contribution in [1.82, 2.24) is 0 Å². The highest BCUT2D eigenvalue weighted by Crippen LogP contribution is 2.36. The summed E-state index contributed by atoms with van der Waals surface area (Å²) in [7, 11) is 0. The molecule has 0 nitrogen and oxygen atoms in total. The molecule has 0 spiro atoms. The monoisotopic (exact) mass is 184 g/mol. The van der Waals surface area contributed by atoms with E-state index in [2.05, 4.69) is 6.07 Å². The van der Waals surface area contributed by atoms with Crippen LogP contribution in [0.5, 0.6) is 0 Å². The van der Waals surface area contributed by atoms with E-state index in [9.17, 15) is 4.39 Å². The third-order valence-electron chi connectivity index (χ3n) is 2.83. The van der Waals surface area contributed by atoms with Gasteiger partial charge in [-0.05, 0) is 41.3 Å². The second-order valence-electron chi connectivity index (χ2n) is 3.72. The van der Waals surface area contributed by atoms with E-state index in [0.717, 1.165) is 22.3 Å². The Labute approximate surface area is 82.0 Å². The average molecular weight is 184 g/mol. The molecule has 0 fully saturated rings. The van der Waals surface area contributed by atoms with E-state index in [1.807, 2.05) is 31.2 Å². The van der Waals surface area contributed by atoms with Crippen LogP contribution < -0.4 is 0 Å². The van der Waals surface area contributed by atoms with Crippen LogP contribution in [-0.2, 0) is 0 Å². The SMILES string of the molecule is Cc1ccc2cc1-c1ccc-2cc1F. The highest BCUT2D eigenvalue weighted by atomic mass is 19.1. The van der Waals surface area contributed by atoms with E-state index >= 15 is 0 Å². The van der Waals surface area contributed by atoms with Crippen molar-refractivity contribution in [3.63, 3.8) is 0 Å². The Morgan fingerprint density at radius 2 is 1.57 bits per heavy atom. The molecule has 0 unspecified atom stereocenters. The minimum absolute atomic E-state index is 0.119. The summed E-state index contributed by atoms with van der Waals surface area (Å²) in [5.74, 6) is -0.119. The molecule has 0 aliphatic heterocycles. The van der Waals surface area contributed by atoms with Crippen molar-refractivity contribution in [1.29, 1.82) is 0 Å². The van der Waals surface area contributed by atoms with Gasteiger partial charge in [-0.2, -0.15) is 0 Å². The zero-order chi connectivity index (χ0) is 9.71. The van der Waals surface area contributed by atoms with Crippen LogP contribution in [0.1, 0.15) is 5.56 Å². The lowest BCUT2D eigenvalue weighted by Crippen LogP contribution is -1.83. The van der Waals surface area contributed by atoms with Crippen molar-refractivity contribution < 1.29 is 4.39 Å². The van der Waals surface area contributed by atoms with Gasteiger partial charge in [-0.25, -0.2) is 4.39 Å². The second kappa shape index (κ2) is 2.44. The van der Waals surface area contributed by atoms with Crippen LogP contribution in [0.15, 0.2) is 36.4 Å². The summed E-state index contributed by atoms with van der Waals surface area (Å²) in [5.41, 5.74) is 4.92. The van der Waals surface area contributed by atoms with Crippen molar-refractivity contribution in [3.05, 3.63) is 47.8 Å². The van der Waals surface area contributed by atoms with Gasteiger partial charge in [-0.1, -0.05) is 24.3 Å². The Hall–Kier alpha value is -1.63. The Kier molecular flexibility index (Phi) is 1.35. The third kappa shape index (κ3) is 0.869. The maximum absolute atomic E-state index is 13.6. The summed E-state index contributed by atoms with van der Waals surface area (Å²) >= 11 is 0. The maximum atomic E-state index is 13.6. The molecule has 68 valence electrons. The lowest BCUT2D eigenvalue weighted by atomic mass is 10.0. The molecular formula is C13H9F. The van der Waals surface area contributed by atoms with Gasteiger partial charge in [-0.3, -0.25) is 0 Å². The number of hydrogen-bond acceptors (Lipinski definition) is 0. The zero-order valence-electron chi connectivity index (χ0n) is 7.84. The van der Waals surface area contributed by atoms with Gasteiger partial charge in [0.05, 0.1) is 0 Å². The molecular weight excluding hydrogens is 175 g/mol. The first kappa shape index (κ1) is 7.74. The van der Waals surface area contributed by atoms with Gasteiger partial charge in [0.1, 0.15) is 5.82 Å². The molecule has 0 N–H and O–H groups in total. The number of aryl methyl sites for hydroxylation is 1. The fourth-order valence-electron chi connectivity index (χ4n) is 2.00. The lowest BCUT2D eigenvalue weighted by molar-refractivity contribution is 0.632. The molecule has 14 heavy (non-hydrogen) atoms. The van der Waals surface area contributed by atoms with Gasteiger partial charge in [0.2, 0.25) is 0 Å². The summed E-state index contributed by atoms with van der Waals surface area (Å²) in [6.07, 6.45) is 0. The predicted molar refractivity (Wildman–Crippen MR) is 55.6 cm³/mol. The van der Waals surface area contributed by atoms with Crippen LogP contribution in [0.2, 0.25) is 0 Å². The largest absolute Gasteiger partial charge is 0.206 e. The Morgan fingerprint density at radius 3 is 2.36 bits per heavy atom. The van der Waals surface area contributed by atoms with Crippen LogP contribution in [0.4, 0.5) is 4.39 Å². The number of benzene rings is 2. The van der Waals surface area contributed by atoms with Gasteiger partial charge in [-0.15, -0.1) is 0 Å². The molecule has 0 saturated carbocycles. The predicted octanol–water partition coefficient (Wildman–Crippen LogP) is 3.78. The molecule has 2 aromatic carbocycles. The number of halogens is 1. The molecule has 2 aliphatic carbocycles. The van der Waals surface area contributed by atoms with Gasteiger partial charge >= 0.3 is 0 Å². The molecule has 2 aliphatic rings. The smallest absolute Gasteiger partial charge is 0.131 e. The van der Waals surface area contributed by atoms with Crippen LogP contribution in [0.3, 0.4) is 0 Å². The number of fused-ring (bicyclic) bond motifs is 2. The first-order chi connectivity index (χ1) is 6.75. The average Bonchev–Trinajstić information content (AvgIpc) is 2.38. The Balaban J connectivity index is 2.52. The van der Waals surface area contributed by atoms with Crippen LogP contribution in [-0.4, -0.2) is 0 Å². The Morgan fingerprint density at radius 1 is 0.857 bits per heavy atom. The second-order valence-corrected chi connectivity index (χ2v) is 3.72. The van der Waals surface area contributed by atoms with E-state index in [4.69, 9.17) is 0 Å². The van der Waals surface area contributed by atoms with E-state index < -0.39 is 0 Å². The maximum Gasteiger partial charge on any atom is 0.131 e. The fraction of sp³-hybridized carbons (Fsp3) is 0.0769. The standard InChI is InChI=1S/C13H9F/c1-8-2-3-9-6-12(8)11-5-4-10(9)7-13(11)14/h2-7H,1H3. The van der Waals surface area contributed by atoms with Crippen LogP contribution in [0, 0.1) is 12.7 Å². The van der Waals surface area contributed by atoms with E-state index in [1.54, 1.807) is 6.07 Å². The van der Waals surface area contributed by atoms with Crippen molar-refractivity contribution in [2.45, 2.75) is 6.92 Å². The van der Waals surface area contributed by atoms with Gasteiger partial charge in [0.15, 0.2) is 0 Å². The topological polar surface area (TPSA) is 0 Å². The highest BCUT2D eigenvalue weighted by Gasteiger charge is 2.14. The molecule has 0 radical (unpaired) electrons. The van der Waals surface area contributed by atoms with Crippen LogP contribution >= 0.6 is 0 Å². The summed E-state index contributed by atoms with van der Waals surface area (Å²) in [5, 5.41) is 0. The quantitative estimate of drug-likeness (QED) is 0.498. The third-order valence-corrected chi connectivity index (χ3v) is 2.83. The molecule has 1 heteroatoms. The fourth-order valence-corrected chi connectivity index (χ4v) is 2.00. The Bertz CT molecular complexity index is 527. The summed E-state index contributed by atoms with van der Waals surface area (Å²) in [4.78, 5) is 0. The molecule has 4 bridgehead atoms. The molecule has 4 rings (SSSR count). The molecule has 0 heterocycles. The summed E-state index contributed by atoms with van der Waals surface area (Å²) < 4.78 is 13.6. The molecule has 0 atom stereocenters. The summed E-state index contributed by atoms with van der Waals surface area (Å²) in [6.45, 7) is 2.01. The molecule has 0 amide bonds. The lowest BCUT2D eigenvalue weighted by Gasteiger charge is -2.03. The normalized spacial score (nSPS) is 11.6. The van der Waals surface area contributed by atoms with Gasteiger partial charge < -0.3 is 0 Å². The van der Waals surface area contributed by atoms with Crippen molar-refractivity contribution >= 4 is 0 Å². The van der Waals surface area contributed by atoms with Gasteiger partial charge in [0.25, 0.3) is 0 Å². The molecule has 0 aromatic heterocycles. The summed E-state index contributed by atoms with van der Waals surface area (Å²) in [6, 6.07) is 11.6. The zero-order valence-corrected chi connectivity index (χ0v) is 7.84. The highest BCUT2D eigenvalue weighted by molar-refractivity contribution is 5.81. The van der Waals surface area contributed by atoms with E-state index in [0.29, 0.717) is 5.56 Å². The minimum Gasteiger partial charge on any atom is -0.206 e. The van der Waals surface area contributed by atoms with Gasteiger partial charge in [0, 0.05) is 5.56 Å². The first-order valence-corrected chi connectivity index (χ1v) is 4.67. The molecule has 0 saturated heterocycles. The molecule has 2 aromatic rings. The van der Waals surface area contributed by atoms with E-state index in [1.165, 1.54) is 0 Å². The van der Waals surface area contributed by atoms with Crippen molar-refractivity contribution in [2.75, 3.05) is 0 Å². The number of rotatable bonds is 0. The van der Waals surface area contributed by atoms with Crippen molar-refractivity contribution in [3.8, 4) is 22.3 Å². The van der Waals surface area contributed by atoms with E-state index in [-0.39, 0.29) is 5.82 Å². The first-order valence-electron chi connectivity index (χ1n) is 4.67. The number of hydrogen-bond donors (Lipinski definition) is 0. The van der Waals surface area contributed by atoms with Crippen LogP contribution in [0.25, 0.3) is 22.3 Å².